The monoisotopic (exact) mass is 526 g/mol. The van der Waals surface area contributed by atoms with Gasteiger partial charge in [0, 0.05) is 10.2 Å². The number of ether oxygens (including phenoxy) is 1. The molecule has 2 aliphatic rings. The number of benzene rings is 2. The molecular weight excluding hydrogens is 500 g/mol. The number of hydrogen-bond donors (Lipinski definition) is 1. The van der Waals surface area contributed by atoms with Crippen LogP contribution in [0.1, 0.15) is 47.7 Å². The van der Waals surface area contributed by atoms with E-state index in [1.54, 1.807) is 12.1 Å². The minimum atomic E-state index is -0.703. The van der Waals surface area contributed by atoms with Crippen molar-refractivity contribution in [1.29, 1.82) is 0 Å². The third-order valence-corrected chi connectivity index (χ3v) is 7.50. The molecule has 3 atom stereocenters. The summed E-state index contributed by atoms with van der Waals surface area (Å²) in [6, 6.07) is 9.99. The van der Waals surface area contributed by atoms with Crippen molar-refractivity contribution in [3.05, 3.63) is 57.6 Å². The number of anilines is 2. The Morgan fingerprint density at radius 3 is 2.56 bits per heavy atom. The van der Waals surface area contributed by atoms with E-state index in [1.165, 1.54) is 17.0 Å². The van der Waals surface area contributed by atoms with Crippen LogP contribution in [0.25, 0.3) is 0 Å². The zero-order valence-corrected chi connectivity index (χ0v) is 21.0. The van der Waals surface area contributed by atoms with Crippen LogP contribution in [0.15, 0.2) is 40.9 Å². The van der Waals surface area contributed by atoms with E-state index in [0.717, 1.165) is 22.0 Å². The van der Waals surface area contributed by atoms with Gasteiger partial charge in [-0.15, -0.1) is 0 Å². The molecule has 34 heavy (non-hydrogen) atoms. The topological polar surface area (TPSA) is 92.8 Å². The fraction of sp³-hybridized carbons (Fsp3) is 0.385. The van der Waals surface area contributed by atoms with Gasteiger partial charge >= 0.3 is 5.97 Å². The Morgan fingerprint density at radius 1 is 1.06 bits per heavy atom. The molecule has 4 rings (SSSR count). The van der Waals surface area contributed by atoms with Gasteiger partial charge in [-0.1, -0.05) is 28.9 Å². The molecule has 8 heteroatoms. The normalized spacial score (nSPS) is 21.9. The van der Waals surface area contributed by atoms with Gasteiger partial charge in [0.1, 0.15) is 0 Å². The molecule has 3 amide bonds. The van der Waals surface area contributed by atoms with E-state index in [-0.39, 0.29) is 29.2 Å². The summed E-state index contributed by atoms with van der Waals surface area (Å²) in [4.78, 5) is 52.0. The first-order valence-electron chi connectivity index (χ1n) is 11.4. The molecule has 0 bridgehead atoms. The second-order valence-corrected chi connectivity index (χ2v) is 10.1. The average Bonchev–Trinajstić information content (AvgIpc) is 3.05. The van der Waals surface area contributed by atoms with Crippen LogP contribution in [-0.2, 0) is 19.1 Å². The maximum Gasteiger partial charge on any atom is 0.338 e. The summed E-state index contributed by atoms with van der Waals surface area (Å²) in [6.45, 7) is 5.43. The Bertz CT molecular complexity index is 1180. The van der Waals surface area contributed by atoms with Gasteiger partial charge in [0.2, 0.25) is 11.8 Å². The summed E-state index contributed by atoms with van der Waals surface area (Å²) in [5.74, 6) is -1.73. The quantitative estimate of drug-likeness (QED) is 0.446. The summed E-state index contributed by atoms with van der Waals surface area (Å²) in [7, 11) is 0. The minimum absolute atomic E-state index is 0.171. The number of nitrogens with zero attached hydrogens (tertiary/aromatic N) is 1. The van der Waals surface area contributed by atoms with Crippen LogP contribution in [0.2, 0.25) is 0 Å². The molecule has 0 aromatic heterocycles. The van der Waals surface area contributed by atoms with Crippen molar-refractivity contribution in [2.75, 3.05) is 16.8 Å². The third-order valence-electron chi connectivity index (χ3n) is 6.64. The number of fused-ring (bicyclic) bond motifs is 1. The van der Waals surface area contributed by atoms with Crippen molar-refractivity contribution < 1.29 is 23.9 Å². The van der Waals surface area contributed by atoms with Crippen molar-refractivity contribution in [2.45, 2.75) is 40.0 Å². The average molecular weight is 527 g/mol. The van der Waals surface area contributed by atoms with E-state index in [1.807, 2.05) is 26.0 Å². The standard InChI is InChI=1S/C26H27BrN2O5/c1-14-7-8-19-20(9-14)25(32)29(24(19)31)18-6-4-5-17(12-18)26(33)34-13-23(30)28-22-11-15(2)21(27)10-16(22)3/h4-6,10-12,14,19-20H,7-9,13H2,1-3H3,(H,28,30)/t14-,19+,20-/m0/s1. The van der Waals surface area contributed by atoms with E-state index in [0.29, 0.717) is 30.1 Å². The van der Waals surface area contributed by atoms with Gasteiger partial charge in [-0.2, -0.15) is 0 Å². The Morgan fingerprint density at radius 2 is 1.79 bits per heavy atom. The molecule has 1 N–H and O–H groups in total. The molecule has 0 unspecified atom stereocenters. The Balaban J connectivity index is 1.41. The maximum absolute atomic E-state index is 13.0. The van der Waals surface area contributed by atoms with Crippen LogP contribution in [0, 0.1) is 31.6 Å². The number of carbonyl (C=O) groups excluding carboxylic acids is 4. The predicted octanol–water partition coefficient (Wildman–Crippen LogP) is 4.79. The lowest BCUT2D eigenvalue weighted by molar-refractivity contribution is -0.122. The van der Waals surface area contributed by atoms with Gasteiger partial charge in [0.25, 0.3) is 5.91 Å². The summed E-state index contributed by atoms with van der Waals surface area (Å²) in [5.41, 5.74) is 3.02. The highest BCUT2D eigenvalue weighted by molar-refractivity contribution is 9.10. The lowest BCUT2D eigenvalue weighted by atomic mass is 9.76. The molecule has 0 radical (unpaired) electrons. The van der Waals surface area contributed by atoms with Crippen LogP contribution in [0.5, 0.6) is 0 Å². The van der Waals surface area contributed by atoms with Gasteiger partial charge in [-0.05, 0) is 80.5 Å². The first-order valence-corrected chi connectivity index (χ1v) is 12.2. The SMILES string of the molecule is Cc1cc(NC(=O)COC(=O)c2cccc(N3C(=O)[C@H]4C[C@@H](C)CC[C@H]4C3=O)c2)c(C)cc1Br. The molecule has 7 nitrogen and oxygen atoms in total. The van der Waals surface area contributed by atoms with Gasteiger partial charge < -0.3 is 10.1 Å². The van der Waals surface area contributed by atoms with Crippen molar-refractivity contribution >= 4 is 51.0 Å². The zero-order valence-electron chi connectivity index (χ0n) is 19.4. The molecule has 1 saturated carbocycles. The summed E-state index contributed by atoms with van der Waals surface area (Å²) in [6.07, 6.45) is 2.35. The van der Waals surface area contributed by atoms with Crippen LogP contribution in [0.3, 0.4) is 0 Å². The second kappa shape index (κ2) is 9.70. The number of rotatable bonds is 5. The fourth-order valence-electron chi connectivity index (χ4n) is 4.73. The zero-order chi connectivity index (χ0) is 24.6. The lowest BCUT2D eigenvalue weighted by Crippen LogP contribution is -2.31. The Kier molecular flexibility index (Phi) is 6.89. The van der Waals surface area contributed by atoms with Crippen molar-refractivity contribution in [3.63, 3.8) is 0 Å². The molecular formula is C26H27BrN2O5. The lowest BCUT2D eigenvalue weighted by Gasteiger charge is -2.25. The first kappa shape index (κ1) is 24.1. The van der Waals surface area contributed by atoms with E-state index in [4.69, 9.17) is 4.74 Å². The summed E-state index contributed by atoms with van der Waals surface area (Å²) < 4.78 is 6.13. The molecule has 0 spiro atoms. The number of halogens is 1. The Labute approximate surface area is 207 Å². The fourth-order valence-corrected chi connectivity index (χ4v) is 5.19. The predicted molar refractivity (Wildman–Crippen MR) is 131 cm³/mol. The molecule has 1 aliphatic carbocycles. The van der Waals surface area contributed by atoms with E-state index < -0.39 is 18.5 Å². The molecule has 2 aromatic carbocycles. The summed E-state index contributed by atoms with van der Waals surface area (Å²) in [5, 5.41) is 2.75. The highest BCUT2D eigenvalue weighted by Crippen LogP contribution is 2.42. The van der Waals surface area contributed by atoms with E-state index in [9.17, 15) is 19.2 Å². The number of nitrogens with one attached hydrogen (secondary N) is 1. The van der Waals surface area contributed by atoms with Crippen LogP contribution < -0.4 is 10.2 Å². The maximum atomic E-state index is 13.0. The molecule has 2 aromatic rings. The van der Waals surface area contributed by atoms with Crippen LogP contribution in [-0.4, -0.2) is 30.3 Å². The smallest absolute Gasteiger partial charge is 0.338 e. The van der Waals surface area contributed by atoms with Crippen molar-refractivity contribution in [2.24, 2.45) is 17.8 Å². The third kappa shape index (κ3) is 4.78. The number of hydrogen-bond acceptors (Lipinski definition) is 5. The molecule has 1 aliphatic heterocycles. The Hall–Kier alpha value is -3.00. The second-order valence-electron chi connectivity index (χ2n) is 9.23. The number of carbonyl (C=O) groups is 4. The number of amides is 3. The van der Waals surface area contributed by atoms with Gasteiger partial charge in [0.15, 0.2) is 6.61 Å². The highest BCUT2D eigenvalue weighted by atomic mass is 79.9. The molecule has 178 valence electrons. The first-order chi connectivity index (χ1) is 16.2. The molecule has 2 fully saturated rings. The van der Waals surface area contributed by atoms with Gasteiger partial charge in [0.05, 0.1) is 23.1 Å². The number of imide groups is 1. The number of esters is 1. The minimum Gasteiger partial charge on any atom is -0.452 e. The summed E-state index contributed by atoms with van der Waals surface area (Å²) >= 11 is 3.45. The van der Waals surface area contributed by atoms with Gasteiger partial charge in [-0.25, -0.2) is 4.79 Å². The van der Waals surface area contributed by atoms with Crippen LogP contribution in [0.4, 0.5) is 11.4 Å². The largest absolute Gasteiger partial charge is 0.452 e. The molecule has 1 heterocycles. The van der Waals surface area contributed by atoms with E-state index in [2.05, 4.69) is 28.2 Å². The van der Waals surface area contributed by atoms with Crippen LogP contribution >= 0.6 is 15.9 Å². The van der Waals surface area contributed by atoms with E-state index >= 15 is 0 Å². The van der Waals surface area contributed by atoms with Crippen molar-refractivity contribution in [1.82, 2.24) is 0 Å². The highest BCUT2D eigenvalue weighted by Gasteiger charge is 2.50. The van der Waals surface area contributed by atoms with Gasteiger partial charge in [-0.3, -0.25) is 19.3 Å². The molecule has 1 saturated heterocycles. The van der Waals surface area contributed by atoms with Crippen molar-refractivity contribution in [3.8, 4) is 0 Å². The number of aryl methyl sites for hydroxylation is 2.